The molecular formula is C34H65N3O12. The van der Waals surface area contributed by atoms with Gasteiger partial charge in [-0.15, -0.1) is 0 Å². The fourth-order valence-corrected chi connectivity index (χ4v) is 5.61. The summed E-state index contributed by atoms with van der Waals surface area (Å²) in [7, 11) is 0. The number of nitrogens with zero attached hydrogens (tertiary/aromatic N) is 1. The van der Waals surface area contributed by atoms with Crippen LogP contribution in [0.3, 0.4) is 0 Å². The van der Waals surface area contributed by atoms with Gasteiger partial charge in [0.15, 0.2) is 12.4 Å². The van der Waals surface area contributed by atoms with E-state index in [4.69, 9.17) is 15.2 Å². The number of nitrogens with two attached hydrogens (primary N) is 1. The number of aliphatic hydroxyl groups is 8. The highest BCUT2D eigenvalue weighted by atomic mass is 16.7. The van der Waals surface area contributed by atoms with Crippen molar-refractivity contribution in [3.8, 4) is 0 Å². The molecule has 0 aliphatic carbocycles. The van der Waals surface area contributed by atoms with Gasteiger partial charge >= 0.3 is 0 Å². The van der Waals surface area contributed by atoms with E-state index in [0.29, 0.717) is 6.42 Å². The molecule has 49 heavy (non-hydrogen) atoms. The third-order valence-corrected chi connectivity index (χ3v) is 8.72. The molecule has 0 aromatic carbocycles. The topological polar surface area (TPSA) is 256 Å². The third-order valence-electron chi connectivity index (χ3n) is 8.72. The largest absolute Gasteiger partial charge is 0.394 e. The van der Waals surface area contributed by atoms with E-state index in [9.17, 15) is 50.4 Å². The standard InChI is InChI=1S/C34H65N3O12/c1-2-3-4-5-6-7-8-9-10-11-12-13-14-15-16-17-26(41)37(20-18-35)21-19-36-33(47)30(45)29(44)32(24(40)22-38)49-34-31(46)28(43)27(42)25(23-39)48-34/h9-10,24-25,27-32,34,38-40,42-46H,2-8,11-23,35H2,1H3,(H,36,47)/b10-9+/t24?,25?,27-,28-,29?,30?,31?,32?,34-/m0/s1. The Bertz CT molecular complexity index is 898. The molecule has 1 aliphatic rings. The quantitative estimate of drug-likeness (QED) is 0.0353. The molecule has 9 atom stereocenters. The summed E-state index contributed by atoms with van der Waals surface area (Å²) in [5.41, 5.74) is 5.68. The molecule has 1 fully saturated rings. The van der Waals surface area contributed by atoms with Gasteiger partial charge in [0.2, 0.25) is 5.91 Å². The maximum Gasteiger partial charge on any atom is 0.251 e. The van der Waals surface area contributed by atoms with Crippen LogP contribution in [0.25, 0.3) is 0 Å². The zero-order chi connectivity index (χ0) is 36.6. The SMILES string of the molecule is CCCCCCCC/C=C/CCCCCCCC(=O)N(CCN)CCNC(=O)C(O)C(O)C(O[C@@H]1OC(CO)[C@H](O)[C@H](O)C1O)C(O)CO. The van der Waals surface area contributed by atoms with E-state index in [0.717, 1.165) is 44.9 Å². The summed E-state index contributed by atoms with van der Waals surface area (Å²) in [6.45, 7) is 0.965. The van der Waals surface area contributed by atoms with E-state index in [2.05, 4.69) is 24.4 Å². The Labute approximate surface area is 291 Å². The molecule has 11 N–H and O–H groups in total. The van der Waals surface area contributed by atoms with Crippen molar-refractivity contribution in [3.05, 3.63) is 12.2 Å². The highest BCUT2D eigenvalue weighted by Gasteiger charge is 2.47. The van der Waals surface area contributed by atoms with Gasteiger partial charge in [-0.05, 0) is 32.1 Å². The number of carbonyl (C=O) groups excluding carboxylic acids is 2. The van der Waals surface area contributed by atoms with Crippen LogP contribution in [-0.2, 0) is 19.1 Å². The Kier molecular flexibility index (Phi) is 24.9. The lowest BCUT2D eigenvalue weighted by Crippen LogP contribution is -2.62. The van der Waals surface area contributed by atoms with Crippen LogP contribution < -0.4 is 11.1 Å². The number of unbranched alkanes of at least 4 members (excludes halogenated alkanes) is 11. The molecule has 1 heterocycles. The number of rotatable bonds is 28. The first-order valence-electron chi connectivity index (χ1n) is 18.0. The molecular weight excluding hydrogens is 642 g/mol. The first-order chi connectivity index (χ1) is 23.5. The summed E-state index contributed by atoms with van der Waals surface area (Å²) in [4.78, 5) is 27.0. The summed E-state index contributed by atoms with van der Waals surface area (Å²) in [6.07, 6.45) is 3.15. The van der Waals surface area contributed by atoms with E-state index in [1.165, 1.54) is 43.4 Å². The smallest absolute Gasteiger partial charge is 0.251 e. The number of ether oxygens (including phenoxy) is 2. The van der Waals surface area contributed by atoms with Crippen LogP contribution in [0.5, 0.6) is 0 Å². The van der Waals surface area contributed by atoms with Crippen molar-refractivity contribution in [2.75, 3.05) is 39.4 Å². The fourth-order valence-electron chi connectivity index (χ4n) is 5.61. The average molecular weight is 708 g/mol. The number of allylic oxidation sites excluding steroid dienone is 2. The molecule has 1 aliphatic heterocycles. The summed E-state index contributed by atoms with van der Waals surface area (Å²) in [5, 5.41) is 82.7. The first-order valence-corrected chi connectivity index (χ1v) is 18.0. The third kappa shape index (κ3) is 17.3. The first kappa shape index (κ1) is 45.3. The van der Waals surface area contributed by atoms with Crippen molar-refractivity contribution in [2.24, 2.45) is 5.73 Å². The minimum atomic E-state index is -2.19. The van der Waals surface area contributed by atoms with Gasteiger partial charge in [-0.25, -0.2) is 0 Å². The Morgan fingerprint density at radius 2 is 1.45 bits per heavy atom. The van der Waals surface area contributed by atoms with E-state index < -0.39 is 74.2 Å². The lowest BCUT2D eigenvalue weighted by molar-refractivity contribution is -0.326. The number of carbonyl (C=O) groups is 2. The molecule has 0 radical (unpaired) electrons. The molecule has 0 spiro atoms. The van der Waals surface area contributed by atoms with Crippen molar-refractivity contribution in [1.29, 1.82) is 0 Å². The van der Waals surface area contributed by atoms with Gasteiger partial charge < -0.3 is 66.3 Å². The summed E-state index contributed by atoms with van der Waals surface area (Å²) >= 11 is 0. The van der Waals surface area contributed by atoms with Crippen molar-refractivity contribution < 1.29 is 59.9 Å². The second kappa shape index (κ2) is 27.0. The predicted molar refractivity (Wildman–Crippen MR) is 182 cm³/mol. The van der Waals surface area contributed by atoms with Gasteiger partial charge in [-0.1, -0.05) is 70.4 Å². The summed E-state index contributed by atoms with van der Waals surface area (Å²) < 4.78 is 10.5. The molecule has 0 aromatic heterocycles. The summed E-state index contributed by atoms with van der Waals surface area (Å²) in [6, 6.07) is 0. The van der Waals surface area contributed by atoms with Gasteiger partial charge in [0.05, 0.1) is 13.2 Å². The Hall–Kier alpha value is -1.76. The zero-order valence-electron chi connectivity index (χ0n) is 29.2. The lowest BCUT2D eigenvalue weighted by Gasteiger charge is -2.42. The molecule has 15 nitrogen and oxygen atoms in total. The Morgan fingerprint density at radius 1 is 0.857 bits per heavy atom. The Balaban J connectivity index is 2.43. The maximum absolute atomic E-state index is 12.8. The molecule has 0 saturated carbocycles. The number of hydrogen-bond acceptors (Lipinski definition) is 13. The average Bonchev–Trinajstić information content (AvgIpc) is 3.10. The van der Waals surface area contributed by atoms with Crippen LogP contribution >= 0.6 is 0 Å². The molecule has 15 heteroatoms. The van der Waals surface area contributed by atoms with Crippen LogP contribution in [0.4, 0.5) is 0 Å². The highest BCUT2D eigenvalue weighted by molar-refractivity contribution is 5.81. The number of aliphatic hydroxyl groups excluding tert-OH is 8. The number of amides is 2. The molecule has 288 valence electrons. The van der Waals surface area contributed by atoms with E-state index in [1.54, 1.807) is 0 Å². The molecule has 0 bridgehead atoms. The molecule has 2 amide bonds. The van der Waals surface area contributed by atoms with Gasteiger partial charge in [-0.2, -0.15) is 0 Å². The molecule has 0 aromatic rings. The zero-order valence-corrected chi connectivity index (χ0v) is 29.2. The highest BCUT2D eigenvalue weighted by Crippen LogP contribution is 2.25. The fraction of sp³-hybridized carbons (Fsp3) is 0.882. The second-order valence-corrected chi connectivity index (χ2v) is 12.8. The van der Waals surface area contributed by atoms with Crippen LogP contribution in [0.15, 0.2) is 12.2 Å². The van der Waals surface area contributed by atoms with Gasteiger partial charge in [-0.3, -0.25) is 9.59 Å². The normalized spacial score (nSPS) is 23.7. The van der Waals surface area contributed by atoms with Crippen molar-refractivity contribution in [1.82, 2.24) is 10.2 Å². The van der Waals surface area contributed by atoms with E-state index in [1.807, 2.05) is 0 Å². The molecule has 1 rings (SSSR count). The minimum absolute atomic E-state index is 0.0818. The van der Waals surface area contributed by atoms with E-state index in [-0.39, 0.29) is 32.1 Å². The summed E-state index contributed by atoms with van der Waals surface area (Å²) in [5.74, 6) is -1.19. The Morgan fingerprint density at radius 3 is 2.02 bits per heavy atom. The number of nitrogens with one attached hydrogen (secondary N) is 1. The molecule has 6 unspecified atom stereocenters. The second-order valence-electron chi connectivity index (χ2n) is 12.8. The van der Waals surface area contributed by atoms with Crippen molar-refractivity contribution >= 4 is 11.8 Å². The van der Waals surface area contributed by atoms with Crippen LogP contribution in [-0.4, -0.2) is 152 Å². The van der Waals surface area contributed by atoms with E-state index >= 15 is 0 Å². The monoisotopic (exact) mass is 707 g/mol. The van der Waals surface area contributed by atoms with Gasteiger partial charge in [0, 0.05) is 32.6 Å². The van der Waals surface area contributed by atoms with Gasteiger partial charge in [0.25, 0.3) is 5.91 Å². The maximum atomic E-state index is 12.8. The minimum Gasteiger partial charge on any atom is -0.394 e. The van der Waals surface area contributed by atoms with Crippen molar-refractivity contribution in [3.63, 3.8) is 0 Å². The predicted octanol–water partition coefficient (Wildman–Crippen LogP) is -0.812. The van der Waals surface area contributed by atoms with Crippen LogP contribution in [0.2, 0.25) is 0 Å². The number of hydrogen-bond donors (Lipinski definition) is 10. The van der Waals surface area contributed by atoms with Gasteiger partial charge in [0.1, 0.15) is 42.7 Å². The molecule has 1 saturated heterocycles. The lowest BCUT2D eigenvalue weighted by atomic mass is 9.98. The van der Waals surface area contributed by atoms with Crippen LogP contribution in [0, 0.1) is 0 Å². The van der Waals surface area contributed by atoms with Crippen LogP contribution in [0.1, 0.15) is 96.8 Å². The van der Waals surface area contributed by atoms with Crippen molar-refractivity contribution in [2.45, 2.75) is 152 Å².